The lowest BCUT2D eigenvalue weighted by atomic mass is 10.2. The topological polar surface area (TPSA) is 84.6 Å². The summed E-state index contributed by atoms with van der Waals surface area (Å²) in [4.78, 5) is 22.1. The van der Waals surface area contributed by atoms with E-state index in [1.807, 2.05) is 24.3 Å². The van der Waals surface area contributed by atoms with Crippen molar-refractivity contribution in [2.45, 2.75) is 5.75 Å². The predicted molar refractivity (Wildman–Crippen MR) is 99.1 cm³/mol. The average Bonchev–Trinajstić information content (AvgIpc) is 2.55. The Labute approximate surface area is 151 Å². The van der Waals surface area contributed by atoms with Gasteiger partial charge in [-0.25, -0.2) is 5.43 Å². The number of hydrogen-bond donors (Lipinski definition) is 1. The molecule has 24 heavy (non-hydrogen) atoms. The number of hydrazone groups is 1. The number of nitro benzene ring substituents is 1. The first-order valence-electron chi connectivity index (χ1n) is 6.94. The normalized spacial score (nSPS) is 10.7. The lowest BCUT2D eigenvalue weighted by Gasteiger charge is -2.02. The van der Waals surface area contributed by atoms with Crippen LogP contribution in [0.15, 0.2) is 58.1 Å². The van der Waals surface area contributed by atoms with Gasteiger partial charge in [-0.3, -0.25) is 14.9 Å². The first-order valence-corrected chi connectivity index (χ1v) is 8.88. The van der Waals surface area contributed by atoms with E-state index in [2.05, 4.69) is 26.5 Å². The van der Waals surface area contributed by atoms with Crippen molar-refractivity contribution < 1.29 is 9.72 Å². The highest BCUT2D eigenvalue weighted by molar-refractivity contribution is 9.10. The van der Waals surface area contributed by atoms with Crippen molar-refractivity contribution in [3.8, 4) is 0 Å². The third kappa shape index (κ3) is 5.78. The van der Waals surface area contributed by atoms with Gasteiger partial charge in [0, 0.05) is 16.3 Å². The van der Waals surface area contributed by atoms with Gasteiger partial charge in [0.05, 0.1) is 22.5 Å². The maximum absolute atomic E-state index is 11.7. The average molecular weight is 408 g/mol. The van der Waals surface area contributed by atoms with Gasteiger partial charge in [0.15, 0.2) is 0 Å². The molecule has 1 N–H and O–H groups in total. The summed E-state index contributed by atoms with van der Waals surface area (Å²) in [5.41, 5.74) is 3.77. The second-order valence-electron chi connectivity index (χ2n) is 4.73. The molecule has 0 atom stereocenters. The molecule has 0 saturated heterocycles. The minimum absolute atomic E-state index is 0.0560. The molecule has 0 spiro atoms. The Morgan fingerprint density at radius 3 is 2.83 bits per heavy atom. The van der Waals surface area contributed by atoms with Crippen LogP contribution in [0.1, 0.15) is 11.1 Å². The summed E-state index contributed by atoms with van der Waals surface area (Å²) in [5.74, 6) is 0.700. The number of para-hydroxylation sites is 1. The van der Waals surface area contributed by atoms with Crippen LogP contribution in [0.25, 0.3) is 0 Å². The van der Waals surface area contributed by atoms with Crippen molar-refractivity contribution in [3.05, 3.63) is 74.2 Å². The van der Waals surface area contributed by atoms with Gasteiger partial charge in [-0.15, -0.1) is 11.8 Å². The van der Waals surface area contributed by atoms with Crippen molar-refractivity contribution in [2.75, 3.05) is 5.75 Å². The van der Waals surface area contributed by atoms with Gasteiger partial charge in [0.1, 0.15) is 0 Å². The molecule has 0 unspecified atom stereocenters. The van der Waals surface area contributed by atoms with Crippen molar-refractivity contribution in [3.63, 3.8) is 0 Å². The molecule has 0 aliphatic carbocycles. The standard InChI is InChI=1S/C16H14BrN3O3S/c17-14-6-3-4-12(8-14)10-24-11-16(21)19-18-9-13-5-1-2-7-15(13)20(22)23/h1-9H,10-11H2,(H,19,21). The molecule has 124 valence electrons. The highest BCUT2D eigenvalue weighted by atomic mass is 79.9. The molecule has 0 aliphatic rings. The van der Waals surface area contributed by atoms with Crippen LogP contribution >= 0.6 is 27.7 Å². The van der Waals surface area contributed by atoms with Crippen LogP contribution in [0.4, 0.5) is 5.69 Å². The number of amides is 1. The molecule has 0 aliphatic heterocycles. The number of carbonyl (C=O) groups is 1. The molecule has 0 fully saturated rings. The van der Waals surface area contributed by atoms with Gasteiger partial charge < -0.3 is 0 Å². The quantitative estimate of drug-likeness (QED) is 0.430. The van der Waals surface area contributed by atoms with Gasteiger partial charge in [0.25, 0.3) is 5.69 Å². The Morgan fingerprint density at radius 1 is 1.29 bits per heavy atom. The summed E-state index contributed by atoms with van der Waals surface area (Å²) < 4.78 is 0.999. The summed E-state index contributed by atoms with van der Waals surface area (Å²) >= 11 is 4.86. The van der Waals surface area contributed by atoms with E-state index in [1.165, 1.54) is 24.0 Å². The highest BCUT2D eigenvalue weighted by Gasteiger charge is 2.10. The molecule has 1 amide bonds. The Bertz CT molecular complexity index is 768. The summed E-state index contributed by atoms with van der Waals surface area (Å²) in [5, 5.41) is 14.6. The minimum atomic E-state index is -0.489. The number of thioether (sulfide) groups is 1. The van der Waals surface area contributed by atoms with E-state index in [0.29, 0.717) is 11.3 Å². The number of rotatable bonds is 7. The molecule has 6 nitrogen and oxygen atoms in total. The van der Waals surface area contributed by atoms with E-state index >= 15 is 0 Å². The lowest BCUT2D eigenvalue weighted by molar-refractivity contribution is -0.385. The van der Waals surface area contributed by atoms with Crippen LogP contribution in [-0.4, -0.2) is 22.8 Å². The second kappa shape index (κ2) is 9.19. The zero-order valence-electron chi connectivity index (χ0n) is 12.5. The molecule has 0 aromatic heterocycles. The fraction of sp³-hybridized carbons (Fsp3) is 0.125. The first-order chi connectivity index (χ1) is 11.6. The van der Waals surface area contributed by atoms with Crippen LogP contribution in [-0.2, 0) is 10.5 Å². The van der Waals surface area contributed by atoms with Crippen molar-refractivity contribution in [2.24, 2.45) is 5.10 Å². The van der Waals surface area contributed by atoms with Crippen LogP contribution in [0, 0.1) is 10.1 Å². The summed E-state index contributed by atoms with van der Waals surface area (Å²) in [6.45, 7) is 0. The molecule has 0 saturated carbocycles. The van der Waals surface area contributed by atoms with Gasteiger partial charge in [-0.1, -0.05) is 40.2 Å². The Kier molecular flexibility index (Phi) is 6.95. The maximum Gasteiger partial charge on any atom is 0.278 e. The summed E-state index contributed by atoms with van der Waals surface area (Å²) in [7, 11) is 0. The molecule has 2 rings (SSSR count). The SMILES string of the molecule is O=C(CSCc1cccc(Br)c1)NN=Cc1ccccc1[N+](=O)[O-]. The van der Waals surface area contributed by atoms with Crippen LogP contribution in [0.2, 0.25) is 0 Å². The predicted octanol–water partition coefficient (Wildman–Crippen LogP) is 3.74. The number of carbonyl (C=O) groups excluding carboxylic acids is 1. The molecule has 0 radical (unpaired) electrons. The monoisotopic (exact) mass is 407 g/mol. The van der Waals surface area contributed by atoms with Crippen LogP contribution < -0.4 is 5.43 Å². The molecule has 8 heteroatoms. The van der Waals surface area contributed by atoms with Crippen molar-refractivity contribution >= 4 is 45.5 Å². The highest BCUT2D eigenvalue weighted by Crippen LogP contribution is 2.17. The number of nitrogens with zero attached hydrogens (tertiary/aromatic N) is 2. The zero-order valence-corrected chi connectivity index (χ0v) is 14.9. The lowest BCUT2D eigenvalue weighted by Crippen LogP contribution is -2.19. The number of nitro groups is 1. The summed E-state index contributed by atoms with van der Waals surface area (Å²) in [6.07, 6.45) is 1.27. The second-order valence-corrected chi connectivity index (χ2v) is 6.63. The third-order valence-corrected chi connectivity index (χ3v) is 4.41. The van der Waals surface area contributed by atoms with E-state index in [1.54, 1.807) is 18.2 Å². The molecule has 0 bridgehead atoms. The Hall–Kier alpha value is -2.19. The fourth-order valence-electron chi connectivity index (χ4n) is 1.86. The third-order valence-electron chi connectivity index (χ3n) is 2.92. The Morgan fingerprint density at radius 2 is 2.08 bits per heavy atom. The van der Waals surface area contributed by atoms with E-state index in [0.717, 1.165) is 10.0 Å². The van der Waals surface area contributed by atoms with E-state index in [-0.39, 0.29) is 17.3 Å². The van der Waals surface area contributed by atoms with E-state index < -0.39 is 4.92 Å². The first kappa shape index (κ1) is 18.2. The molecule has 0 heterocycles. The molecule has 2 aromatic rings. The summed E-state index contributed by atoms with van der Waals surface area (Å²) in [6, 6.07) is 14.1. The minimum Gasteiger partial charge on any atom is -0.272 e. The largest absolute Gasteiger partial charge is 0.278 e. The number of benzene rings is 2. The van der Waals surface area contributed by atoms with Gasteiger partial charge in [-0.2, -0.15) is 5.10 Å². The van der Waals surface area contributed by atoms with E-state index in [4.69, 9.17) is 0 Å². The van der Waals surface area contributed by atoms with Gasteiger partial charge >= 0.3 is 0 Å². The van der Waals surface area contributed by atoms with E-state index in [9.17, 15) is 14.9 Å². The molecular weight excluding hydrogens is 394 g/mol. The van der Waals surface area contributed by atoms with Crippen molar-refractivity contribution in [1.29, 1.82) is 0 Å². The number of nitrogens with one attached hydrogen (secondary N) is 1. The molecule has 2 aromatic carbocycles. The van der Waals surface area contributed by atoms with Crippen LogP contribution in [0.3, 0.4) is 0 Å². The van der Waals surface area contributed by atoms with Crippen LogP contribution in [0.5, 0.6) is 0 Å². The molecular formula is C16H14BrN3O3S. The Balaban J connectivity index is 1.80. The number of halogens is 1. The van der Waals surface area contributed by atoms with Gasteiger partial charge in [0.2, 0.25) is 5.91 Å². The maximum atomic E-state index is 11.7. The van der Waals surface area contributed by atoms with Gasteiger partial charge in [-0.05, 0) is 23.8 Å². The van der Waals surface area contributed by atoms with Crippen molar-refractivity contribution in [1.82, 2.24) is 5.43 Å². The zero-order chi connectivity index (χ0) is 17.4. The number of hydrogen-bond acceptors (Lipinski definition) is 5. The smallest absolute Gasteiger partial charge is 0.272 e. The fourth-order valence-corrected chi connectivity index (χ4v) is 3.07.